The van der Waals surface area contributed by atoms with E-state index in [9.17, 15) is 14.4 Å². The predicted octanol–water partition coefficient (Wildman–Crippen LogP) is 0.772. The number of pyridine rings is 1. The number of rotatable bonds is 9. The third-order valence-corrected chi connectivity index (χ3v) is 4.95. The Morgan fingerprint density at radius 3 is 2.19 bits per heavy atom. The van der Waals surface area contributed by atoms with Crippen LogP contribution < -0.4 is 27.2 Å². The Bertz CT molecular complexity index is 1240. The lowest BCUT2D eigenvalue weighted by molar-refractivity contribution is -0.130. The van der Waals surface area contributed by atoms with Crippen LogP contribution in [0.4, 0.5) is 5.69 Å². The van der Waals surface area contributed by atoms with Crippen LogP contribution >= 0.6 is 0 Å². The highest BCUT2D eigenvalue weighted by Crippen LogP contribution is 2.09. The van der Waals surface area contributed by atoms with Crippen molar-refractivity contribution in [3.63, 3.8) is 0 Å². The summed E-state index contributed by atoms with van der Waals surface area (Å²) in [6.07, 6.45) is 1.71. The molecule has 0 fully saturated rings. The molecule has 0 saturated carbocycles. The first-order valence-corrected chi connectivity index (χ1v) is 11.1. The Hall–Kier alpha value is -4.56. The van der Waals surface area contributed by atoms with E-state index in [4.69, 9.17) is 10.9 Å². The van der Waals surface area contributed by atoms with Gasteiger partial charge in [0.15, 0.2) is 0 Å². The molecule has 0 aliphatic rings. The number of nitrogens with zero attached hydrogens (tertiary/aromatic N) is 1. The molecule has 0 unspecified atom stereocenters. The quantitative estimate of drug-likeness (QED) is 0.148. The van der Waals surface area contributed by atoms with Crippen LogP contribution in [0.5, 0.6) is 0 Å². The zero-order valence-electron chi connectivity index (χ0n) is 19.3. The van der Waals surface area contributed by atoms with Gasteiger partial charge in [-0.3, -0.25) is 24.6 Å². The highest BCUT2D eigenvalue weighted by Gasteiger charge is 2.19. The van der Waals surface area contributed by atoms with Crippen LogP contribution in [0.3, 0.4) is 0 Å². The largest absolute Gasteiger partial charge is 0.339 e. The molecular formula is C26H26N6O4. The monoisotopic (exact) mass is 486 g/mol. The maximum absolute atomic E-state index is 12.3. The molecule has 0 bridgehead atoms. The zero-order valence-corrected chi connectivity index (χ0v) is 19.3. The molecule has 1 atom stereocenters. The van der Waals surface area contributed by atoms with E-state index in [0.29, 0.717) is 23.4 Å². The second-order valence-corrected chi connectivity index (χ2v) is 7.62. The van der Waals surface area contributed by atoms with E-state index >= 15 is 0 Å². The highest BCUT2D eigenvalue weighted by molar-refractivity contribution is 5.97. The van der Waals surface area contributed by atoms with Gasteiger partial charge < -0.3 is 21.7 Å². The fourth-order valence-electron chi connectivity index (χ4n) is 3.05. The van der Waals surface area contributed by atoms with Crippen molar-refractivity contribution in [2.45, 2.75) is 12.6 Å². The number of hydrogen-bond acceptors (Lipinski definition) is 7. The molecule has 1 aromatic heterocycles. The Labute approximate surface area is 208 Å². The topological polar surface area (TPSA) is 158 Å². The van der Waals surface area contributed by atoms with E-state index in [1.54, 1.807) is 54.7 Å². The van der Waals surface area contributed by atoms with Gasteiger partial charge in [0.2, 0.25) is 5.91 Å². The average Bonchev–Trinajstić information content (AvgIpc) is 2.91. The maximum Gasteiger partial charge on any atom is 0.267 e. The van der Waals surface area contributed by atoms with Crippen LogP contribution in [-0.4, -0.2) is 47.0 Å². The van der Waals surface area contributed by atoms with Crippen molar-refractivity contribution in [1.82, 2.24) is 21.1 Å². The molecule has 0 spiro atoms. The summed E-state index contributed by atoms with van der Waals surface area (Å²) >= 11 is 0. The Morgan fingerprint density at radius 2 is 1.61 bits per heavy atom. The molecule has 10 heteroatoms. The minimum Gasteiger partial charge on any atom is -0.339 e. The number of carbonyl (C=O) groups excluding carboxylic acids is 3. The van der Waals surface area contributed by atoms with Gasteiger partial charge in [0.25, 0.3) is 11.8 Å². The summed E-state index contributed by atoms with van der Waals surface area (Å²) in [7, 11) is 0. The first-order valence-electron chi connectivity index (χ1n) is 11.1. The lowest BCUT2D eigenvalue weighted by Crippen LogP contribution is -2.50. The van der Waals surface area contributed by atoms with Gasteiger partial charge >= 0.3 is 0 Å². The lowest BCUT2D eigenvalue weighted by Gasteiger charge is -2.14. The fraction of sp³-hybridized carbons (Fsp3) is 0.154. The second-order valence-electron chi connectivity index (χ2n) is 7.62. The van der Waals surface area contributed by atoms with Crippen molar-refractivity contribution in [3.05, 3.63) is 95.3 Å². The molecule has 0 aliphatic carbocycles. The van der Waals surface area contributed by atoms with E-state index < -0.39 is 17.9 Å². The maximum atomic E-state index is 12.3. The third-order valence-electron chi connectivity index (χ3n) is 4.95. The Morgan fingerprint density at radius 1 is 0.944 bits per heavy atom. The number of nitrogens with one attached hydrogen (secondary N) is 4. The molecule has 2 aromatic carbocycles. The smallest absolute Gasteiger partial charge is 0.267 e. The van der Waals surface area contributed by atoms with Crippen molar-refractivity contribution in [2.24, 2.45) is 5.73 Å². The van der Waals surface area contributed by atoms with Gasteiger partial charge in [0.05, 0.1) is 12.2 Å². The molecule has 36 heavy (non-hydrogen) atoms. The lowest BCUT2D eigenvalue weighted by atomic mass is 10.1. The van der Waals surface area contributed by atoms with Crippen LogP contribution in [0.25, 0.3) is 0 Å². The van der Waals surface area contributed by atoms with Crippen LogP contribution in [-0.2, 0) is 16.1 Å². The minimum absolute atomic E-state index is 0.160. The summed E-state index contributed by atoms with van der Waals surface area (Å²) in [5.74, 6) is 4.57. The number of hydroxylamine groups is 1. The number of carbonyl (C=O) groups is 3. The number of benzene rings is 2. The molecule has 184 valence electrons. The third kappa shape index (κ3) is 8.03. The summed E-state index contributed by atoms with van der Waals surface area (Å²) in [4.78, 5) is 40.0. The second kappa shape index (κ2) is 13.4. The van der Waals surface area contributed by atoms with Crippen LogP contribution in [0.2, 0.25) is 0 Å². The van der Waals surface area contributed by atoms with Crippen LogP contribution in [0.1, 0.15) is 27.2 Å². The first kappa shape index (κ1) is 26.1. The molecule has 3 aromatic rings. The van der Waals surface area contributed by atoms with Gasteiger partial charge in [-0.25, -0.2) is 5.48 Å². The molecule has 7 N–H and O–H groups in total. The van der Waals surface area contributed by atoms with Crippen molar-refractivity contribution in [3.8, 4) is 11.8 Å². The van der Waals surface area contributed by atoms with Crippen molar-refractivity contribution >= 4 is 23.4 Å². The molecule has 3 amide bonds. The number of aromatic nitrogens is 1. The summed E-state index contributed by atoms with van der Waals surface area (Å²) in [5, 5.41) is 17.0. The molecule has 10 nitrogen and oxygen atoms in total. The van der Waals surface area contributed by atoms with E-state index in [2.05, 4.69) is 32.8 Å². The Kier molecular flexibility index (Phi) is 9.67. The van der Waals surface area contributed by atoms with Gasteiger partial charge in [-0.05, 0) is 60.7 Å². The number of anilines is 1. The van der Waals surface area contributed by atoms with Gasteiger partial charge in [-0.2, -0.15) is 0 Å². The first-order chi connectivity index (χ1) is 17.5. The van der Waals surface area contributed by atoms with Crippen molar-refractivity contribution < 1.29 is 19.6 Å². The van der Waals surface area contributed by atoms with Crippen LogP contribution in [0, 0.1) is 11.8 Å². The SMILES string of the molecule is NC[C@H](NC(=O)c1ccc(C#Cc2ccc(NC(=O)CNCc3ccccn3)cc2)cc1)C(=O)NO. The average molecular weight is 487 g/mol. The van der Waals surface area contributed by atoms with E-state index in [-0.39, 0.29) is 19.0 Å². The van der Waals surface area contributed by atoms with E-state index in [1.807, 2.05) is 18.2 Å². The summed E-state index contributed by atoms with van der Waals surface area (Å²) < 4.78 is 0. The normalized spacial score (nSPS) is 10.9. The molecular weight excluding hydrogens is 460 g/mol. The number of amides is 3. The molecule has 0 aliphatic heterocycles. The van der Waals surface area contributed by atoms with E-state index in [1.165, 1.54) is 5.48 Å². The van der Waals surface area contributed by atoms with E-state index in [0.717, 1.165) is 11.3 Å². The zero-order chi connectivity index (χ0) is 25.8. The minimum atomic E-state index is -1.04. The van der Waals surface area contributed by atoms with Crippen molar-refractivity contribution in [2.75, 3.05) is 18.4 Å². The van der Waals surface area contributed by atoms with Crippen molar-refractivity contribution in [1.29, 1.82) is 0 Å². The summed E-state index contributed by atoms with van der Waals surface area (Å²) in [5.41, 5.74) is 10.2. The molecule has 0 saturated heterocycles. The molecule has 0 radical (unpaired) electrons. The number of hydrogen-bond donors (Lipinski definition) is 6. The molecule has 3 rings (SSSR count). The van der Waals surface area contributed by atoms with Gasteiger partial charge in [-0.1, -0.05) is 17.9 Å². The van der Waals surface area contributed by atoms with Crippen LogP contribution in [0.15, 0.2) is 72.9 Å². The fourth-order valence-corrected chi connectivity index (χ4v) is 3.05. The standard InChI is InChI=1S/C26H26N6O4/c27-15-23(26(35)32-36)31-25(34)20-10-6-18(7-11-20)4-5-19-8-12-21(13-9-19)30-24(33)17-28-16-22-3-1-2-14-29-22/h1-3,6-14,23,28,36H,15-17,27H2,(H,30,33)(H,31,34)(H,32,35)/t23-/m0/s1. The Balaban J connectivity index is 1.49. The number of nitrogens with two attached hydrogens (primary N) is 1. The predicted molar refractivity (Wildman–Crippen MR) is 134 cm³/mol. The van der Waals surface area contributed by atoms with Gasteiger partial charge in [0, 0.05) is 41.7 Å². The molecule has 1 heterocycles. The summed E-state index contributed by atoms with van der Waals surface area (Å²) in [6, 6.07) is 18.2. The summed E-state index contributed by atoms with van der Waals surface area (Å²) in [6.45, 7) is 0.504. The highest BCUT2D eigenvalue weighted by atomic mass is 16.5. The van der Waals surface area contributed by atoms with Gasteiger partial charge in [-0.15, -0.1) is 0 Å². The van der Waals surface area contributed by atoms with Gasteiger partial charge in [0.1, 0.15) is 6.04 Å².